The zero-order valence-corrected chi connectivity index (χ0v) is 23.2. The summed E-state index contributed by atoms with van der Waals surface area (Å²) in [6.45, 7) is 18.6. The summed E-state index contributed by atoms with van der Waals surface area (Å²) in [4.78, 5) is 24.5. The zero-order chi connectivity index (χ0) is 29.9. The number of carbonyl (C=O) groups excluding carboxylic acids is 2. The molecule has 0 saturated carbocycles. The Morgan fingerprint density at radius 1 is 0.561 bits per heavy atom. The quantitative estimate of drug-likeness (QED) is 0.123. The predicted molar refractivity (Wildman–Crippen MR) is 163 cm³/mol. The molecule has 0 fully saturated rings. The van der Waals surface area contributed by atoms with Gasteiger partial charge in [0.1, 0.15) is 28.8 Å². The molecule has 0 unspecified atom stereocenters. The van der Waals surface area contributed by atoms with E-state index >= 15 is 0 Å². The molecule has 0 radical (unpaired) electrons. The Bertz CT molecular complexity index is 1580. The summed E-state index contributed by atoms with van der Waals surface area (Å²) in [5.41, 5.74) is 3.52. The largest absolute Gasteiger partial charge is 0.507 e. The first-order valence-electron chi connectivity index (χ1n) is 12.7. The molecule has 4 rings (SSSR count). The summed E-state index contributed by atoms with van der Waals surface area (Å²) in [7, 11) is 0. The van der Waals surface area contributed by atoms with Gasteiger partial charge in [-0.15, -0.1) is 0 Å². The Labute approximate surface area is 241 Å². The van der Waals surface area contributed by atoms with Gasteiger partial charge in [0, 0.05) is 22.8 Å². The van der Waals surface area contributed by atoms with E-state index < -0.39 is 0 Å². The molecule has 0 amide bonds. The lowest BCUT2D eigenvalue weighted by Gasteiger charge is -2.10. The van der Waals surface area contributed by atoms with E-state index in [0.29, 0.717) is 45.3 Å². The van der Waals surface area contributed by atoms with Crippen LogP contribution in [-0.2, 0) is 0 Å². The number of benzene rings is 4. The van der Waals surface area contributed by atoms with Crippen molar-refractivity contribution < 1.29 is 24.2 Å². The average Bonchev–Trinajstić information content (AvgIpc) is 2.98. The Kier molecular flexibility index (Phi) is 10.4. The molecule has 1 N–H and O–H groups in total. The number of ketones is 2. The summed E-state index contributed by atoms with van der Waals surface area (Å²) in [5, 5.41) is 10.0. The van der Waals surface area contributed by atoms with Crippen molar-refractivity contribution in [3.8, 4) is 17.2 Å². The minimum atomic E-state index is -0.238. The van der Waals surface area contributed by atoms with Crippen molar-refractivity contribution in [1.29, 1.82) is 0 Å². The molecular weight excluding hydrogens is 512 g/mol. The number of phenols is 1. The van der Waals surface area contributed by atoms with Gasteiger partial charge >= 0.3 is 0 Å². The van der Waals surface area contributed by atoms with Gasteiger partial charge in [0.05, 0.1) is 5.56 Å². The van der Waals surface area contributed by atoms with Gasteiger partial charge in [-0.25, -0.2) is 0 Å². The molecule has 41 heavy (non-hydrogen) atoms. The maximum absolute atomic E-state index is 12.3. The van der Waals surface area contributed by atoms with Crippen LogP contribution < -0.4 is 9.47 Å². The molecule has 0 aliphatic heterocycles. The molecule has 0 saturated heterocycles. The van der Waals surface area contributed by atoms with Crippen molar-refractivity contribution >= 4 is 11.6 Å². The fraction of sp³-hybridized carbons (Fsp3) is 0.0556. The maximum Gasteiger partial charge on any atom is 0.196 e. The zero-order valence-electron chi connectivity index (χ0n) is 23.2. The first-order chi connectivity index (χ1) is 19.6. The minimum Gasteiger partial charge on any atom is -0.507 e. The standard InChI is InChI=1S/C18H16O3.C18H16O2/c1-12(2)13(3)21-15-9-10-16(17(19)11-15)18(20)14-7-5-4-6-8-14;1-13(2)14(3)20-17-11-9-16(10-12-17)18(19)15-7-5-4-6-8-15/h4-11,19H,1,3H2,2H3;4-12H,1,3H2,2H3. The van der Waals surface area contributed by atoms with Crippen LogP contribution in [-0.4, -0.2) is 16.7 Å². The van der Waals surface area contributed by atoms with Gasteiger partial charge in [-0.3, -0.25) is 9.59 Å². The SMILES string of the molecule is C=C(C)C(=C)Oc1ccc(C(=O)c2ccccc2)c(O)c1.C=C(C)C(=C)Oc1ccc(C(=O)c2ccccc2)cc1. The molecule has 0 spiro atoms. The van der Waals surface area contributed by atoms with Crippen molar-refractivity contribution in [1.82, 2.24) is 0 Å². The fourth-order valence-electron chi connectivity index (χ4n) is 3.40. The first-order valence-corrected chi connectivity index (χ1v) is 12.7. The monoisotopic (exact) mass is 544 g/mol. The number of carbonyl (C=O) groups is 2. The number of phenolic OH excluding ortho intramolecular Hbond substituents is 1. The number of rotatable bonds is 10. The molecule has 0 heterocycles. The summed E-state index contributed by atoms with van der Waals surface area (Å²) in [6.07, 6.45) is 0. The maximum atomic E-state index is 12.3. The number of hydrogen-bond acceptors (Lipinski definition) is 5. The Morgan fingerprint density at radius 3 is 1.44 bits per heavy atom. The lowest BCUT2D eigenvalue weighted by atomic mass is 10.0. The van der Waals surface area contributed by atoms with E-state index in [0.717, 1.165) is 5.57 Å². The fourth-order valence-corrected chi connectivity index (χ4v) is 3.40. The van der Waals surface area contributed by atoms with Gasteiger partial charge in [-0.2, -0.15) is 0 Å². The van der Waals surface area contributed by atoms with Crippen molar-refractivity contribution in [3.05, 3.63) is 174 Å². The first kappa shape index (κ1) is 30.1. The van der Waals surface area contributed by atoms with Crippen molar-refractivity contribution in [3.63, 3.8) is 0 Å². The number of aromatic hydroxyl groups is 1. The van der Waals surface area contributed by atoms with Gasteiger partial charge in [-0.1, -0.05) is 87.0 Å². The molecule has 5 nitrogen and oxygen atoms in total. The number of hydrogen-bond donors (Lipinski definition) is 1. The smallest absolute Gasteiger partial charge is 0.196 e. The molecule has 0 aliphatic carbocycles. The highest BCUT2D eigenvalue weighted by Crippen LogP contribution is 2.27. The molecule has 4 aromatic rings. The summed E-state index contributed by atoms with van der Waals surface area (Å²) >= 11 is 0. The van der Waals surface area contributed by atoms with Crippen molar-refractivity contribution in [2.24, 2.45) is 0 Å². The molecule has 0 aromatic heterocycles. The van der Waals surface area contributed by atoms with Crippen LogP contribution in [0.4, 0.5) is 0 Å². The van der Waals surface area contributed by atoms with Crippen molar-refractivity contribution in [2.75, 3.05) is 0 Å². The molecular formula is C36H32O5. The van der Waals surface area contributed by atoms with Gasteiger partial charge in [0.25, 0.3) is 0 Å². The summed E-state index contributed by atoms with van der Waals surface area (Å²) < 4.78 is 10.9. The van der Waals surface area contributed by atoms with E-state index in [1.807, 2.05) is 31.2 Å². The van der Waals surface area contributed by atoms with E-state index in [1.54, 1.807) is 73.7 Å². The van der Waals surface area contributed by atoms with E-state index in [2.05, 4.69) is 26.3 Å². The van der Waals surface area contributed by atoms with Gasteiger partial charge in [0.15, 0.2) is 11.6 Å². The van der Waals surface area contributed by atoms with Crippen LogP contribution in [0.25, 0.3) is 0 Å². The average molecular weight is 545 g/mol. The molecule has 0 atom stereocenters. The highest BCUT2D eigenvalue weighted by Gasteiger charge is 2.14. The lowest BCUT2D eigenvalue weighted by molar-refractivity contribution is 0.102. The second-order valence-corrected chi connectivity index (χ2v) is 9.20. The van der Waals surface area contributed by atoms with E-state index in [1.165, 1.54) is 12.1 Å². The van der Waals surface area contributed by atoms with Crippen LogP contribution in [0.3, 0.4) is 0 Å². The minimum absolute atomic E-state index is 0.00382. The molecule has 4 aromatic carbocycles. The molecule has 0 aliphatic rings. The lowest BCUT2D eigenvalue weighted by Crippen LogP contribution is -2.02. The van der Waals surface area contributed by atoms with Crippen LogP contribution in [0.15, 0.2) is 152 Å². The topological polar surface area (TPSA) is 72.8 Å². The highest BCUT2D eigenvalue weighted by atomic mass is 16.5. The van der Waals surface area contributed by atoms with Crippen LogP contribution in [0.1, 0.15) is 45.7 Å². The number of ether oxygens (including phenoxy) is 2. The molecule has 5 heteroatoms. The third-order valence-electron chi connectivity index (χ3n) is 5.84. The molecule has 206 valence electrons. The van der Waals surface area contributed by atoms with Crippen LogP contribution in [0.5, 0.6) is 17.2 Å². The van der Waals surface area contributed by atoms with E-state index in [4.69, 9.17) is 9.47 Å². The second-order valence-electron chi connectivity index (χ2n) is 9.20. The normalized spacial score (nSPS) is 9.90. The Hall–Kier alpha value is -5.42. The Morgan fingerprint density at radius 2 is 0.976 bits per heavy atom. The Balaban J connectivity index is 0.000000226. The molecule has 0 bridgehead atoms. The van der Waals surface area contributed by atoms with Gasteiger partial charge in [0.2, 0.25) is 0 Å². The predicted octanol–water partition coefficient (Wildman–Crippen LogP) is 8.48. The van der Waals surface area contributed by atoms with Gasteiger partial charge < -0.3 is 14.6 Å². The van der Waals surface area contributed by atoms with Crippen LogP contribution >= 0.6 is 0 Å². The second kappa shape index (κ2) is 14.1. The summed E-state index contributed by atoms with van der Waals surface area (Å²) in [6, 6.07) is 29.5. The van der Waals surface area contributed by atoms with Crippen LogP contribution in [0.2, 0.25) is 0 Å². The van der Waals surface area contributed by atoms with Crippen molar-refractivity contribution in [2.45, 2.75) is 13.8 Å². The summed E-state index contributed by atoms with van der Waals surface area (Å²) in [5.74, 6) is 1.61. The highest BCUT2D eigenvalue weighted by molar-refractivity contribution is 6.10. The van der Waals surface area contributed by atoms with Gasteiger partial charge in [-0.05, 0) is 61.4 Å². The van der Waals surface area contributed by atoms with E-state index in [-0.39, 0.29) is 22.9 Å². The van der Waals surface area contributed by atoms with Crippen LogP contribution in [0, 0.1) is 0 Å². The van der Waals surface area contributed by atoms with E-state index in [9.17, 15) is 14.7 Å². The third kappa shape index (κ3) is 8.53. The number of allylic oxidation sites excluding steroid dienone is 2. The third-order valence-corrected chi connectivity index (χ3v) is 5.84.